The Morgan fingerprint density at radius 2 is 1.61 bits per heavy atom. The van der Waals surface area contributed by atoms with Gasteiger partial charge in [0.1, 0.15) is 11.6 Å². The zero-order chi connectivity index (χ0) is 14.3. The first-order valence-electron chi connectivity index (χ1n) is 5.75. The molecule has 0 saturated heterocycles. The number of aryl methyl sites for hydroxylation is 1. The Morgan fingerprint density at radius 1 is 1.17 bits per heavy atom. The van der Waals surface area contributed by atoms with Crippen LogP contribution in [0.25, 0.3) is 0 Å². The maximum absolute atomic E-state index is 12.2. The number of benzene rings is 1. The molecule has 2 nitrogen and oxygen atoms in total. The summed E-state index contributed by atoms with van der Waals surface area (Å²) in [7, 11) is -0.887. The minimum Gasteiger partial charge on any atom is -0.242 e. The van der Waals surface area contributed by atoms with E-state index in [4.69, 9.17) is 0 Å². The summed E-state index contributed by atoms with van der Waals surface area (Å²) in [4.78, 5) is 0. The van der Waals surface area contributed by atoms with E-state index < -0.39 is 22.6 Å². The van der Waals surface area contributed by atoms with Crippen molar-refractivity contribution in [1.82, 2.24) is 4.72 Å². The number of nitrogens with one attached hydrogen (secondary N) is 1. The molecule has 0 aromatic heterocycles. The van der Waals surface area contributed by atoms with Crippen LogP contribution in [0.15, 0.2) is 18.2 Å². The molecule has 0 radical (unpaired) electrons. The molecule has 1 atom stereocenters. The van der Waals surface area contributed by atoms with Crippen LogP contribution in [0.3, 0.4) is 0 Å². The fourth-order valence-electron chi connectivity index (χ4n) is 1.04. The first kappa shape index (κ1) is 17.2. The molecule has 0 spiro atoms. The Balaban J connectivity index is 0.000000321. The van der Waals surface area contributed by atoms with Crippen LogP contribution in [0.2, 0.25) is 0 Å². The minimum atomic E-state index is -0.887. The highest BCUT2D eigenvalue weighted by Gasteiger charge is 2.17. The van der Waals surface area contributed by atoms with Gasteiger partial charge in [0, 0.05) is 12.6 Å². The molecule has 1 aromatic rings. The molecule has 0 heterocycles. The van der Waals surface area contributed by atoms with Crippen LogP contribution in [0.1, 0.15) is 33.3 Å². The lowest BCUT2D eigenvalue weighted by molar-refractivity contribution is 0.581. The van der Waals surface area contributed by atoms with Crippen LogP contribution in [-0.2, 0) is 11.0 Å². The normalized spacial score (nSPS) is 12.6. The summed E-state index contributed by atoms with van der Waals surface area (Å²) in [6.07, 6.45) is 0. The highest BCUT2D eigenvalue weighted by molar-refractivity contribution is 7.84. The molecule has 18 heavy (non-hydrogen) atoms. The van der Waals surface area contributed by atoms with Gasteiger partial charge in [-0.1, -0.05) is 6.92 Å². The minimum absolute atomic E-state index is 0.129. The van der Waals surface area contributed by atoms with E-state index in [2.05, 4.69) is 4.72 Å². The lowest BCUT2D eigenvalue weighted by atomic mass is 10.2. The quantitative estimate of drug-likeness (QED) is 0.882. The van der Waals surface area contributed by atoms with Crippen LogP contribution >= 0.6 is 0 Å². The largest absolute Gasteiger partial charge is 0.242 e. The van der Waals surface area contributed by atoms with Gasteiger partial charge in [-0.05, 0) is 45.4 Å². The molecule has 0 fully saturated rings. The van der Waals surface area contributed by atoms with Gasteiger partial charge in [0.2, 0.25) is 0 Å². The van der Waals surface area contributed by atoms with Gasteiger partial charge in [-0.3, -0.25) is 0 Å². The molecule has 0 amide bonds. The summed E-state index contributed by atoms with van der Waals surface area (Å²) in [6.45, 7) is 10.2. The van der Waals surface area contributed by atoms with E-state index in [1.54, 1.807) is 6.92 Å². The summed E-state index contributed by atoms with van der Waals surface area (Å²) >= 11 is 0. The predicted octanol–water partition coefficient (Wildman–Crippen LogP) is 3.33. The Labute approximate surface area is 110 Å². The van der Waals surface area contributed by atoms with Crippen LogP contribution in [-0.4, -0.2) is 15.5 Å². The molecule has 0 aliphatic rings. The van der Waals surface area contributed by atoms with Crippen LogP contribution in [0.5, 0.6) is 0 Å². The summed E-state index contributed by atoms with van der Waals surface area (Å²) in [5.74, 6) is -1.04. The van der Waals surface area contributed by atoms with Crippen molar-refractivity contribution in [3.8, 4) is 0 Å². The van der Waals surface area contributed by atoms with E-state index in [0.29, 0.717) is 5.56 Å². The fraction of sp³-hybridized carbons (Fsp3) is 0.538. The highest BCUT2D eigenvalue weighted by atomic mass is 32.2. The molecule has 104 valence electrons. The van der Waals surface area contributed by atoms with Crippen molar-refractivity contribution in [3.63, 3.8) is 0 Å². The number of hydrogen-bond donors (Lipinski definition) is 1. The second kappa shape index (κ2) is 7.59. The maximum atomic E-state index is 12.2. The summed E-state index contributed by atoms with van der Waals surface area (Å²) in [6, 6.07) is 3.42. The second-order valence-corrected chi connectivity index (χ2v) is 6.88. The third kappa shape index (κ3) is 7.50. The van der Waals surface area contributed by atoms with E-state index in [-0.39, 0.29) is 4.75 Å². The number of rotatable bonds is 2. The molecule has 1 aromatic carbocycles. The summed E-state index contributed by atoms with van der Waals surface area (Å²) < 4.78 is 38.2. The van der Waals surface area contributed by atoms with E-state index in [9.17, 15) is 13.0 Å². The smallest absolute Gasteiger partial charge is 0.126 e. The molecule has 0 aliphatic heterocycles. The van der Waals surface area contributed by atoms with Crippen LogP contribution in [0.4, 0.5) is 8.78 Å². The highest BCUT2D eigenvalue weighted by Crippen LogP contribution is 2.07. The molecule has 1 unspecified atom stereocenters. The second-order valence-electron chi connectivity index (χ2n) is 4.83. The summed E-state index contributed by atoms with van der Waals surface area (Å²) in [5, 5.41) is 0. The van der Waals surface area contributed by atoms with Gasteiger partial charge in [-0.15, -0.1) is 0 Å². The van der Waals surface area contributed by atoms with Gasteiger partial charge in [0.05, 0.1) is 15.7 Å². The molecule has 0 aliphatic carbocycles. The molecular weight excluding hydrogens is 256 g/mol. The van der Waals surface area contributed by atoms with Gasteiger partial charge in [-0.25, -0.2) is 17.7 Å². The van der Waals surface area contributed by atoms with Gasteiger partial charge >= 0.3 is 0 Å². The molecule has 1 rings (SSSR count). The van der Waals surface area contributed by atoms with E-state index in [0.717, 1.165) is 12.6 Å². The van der Waals surface area contributed by atoms with Crippen molar-refractivity contribution in [3.05, 3.63) is 35.4 Å². The third-order valence-electron chi connectivity index (χ3n) is 1.84. The SMILES string of the molecule is CCNS(=O)C(C)(C)C.Cc1cc(F)cc(F)c1. The fourth-order valence-corrected chi connectivity index (χ4v) is 1.73. The molecule has 0 saturated carbocycles. The molecule has 5 heteroatoms. The van der Waals surface area contributed by atoms with E-state index in [1.807, 2.05) is 27.7 Å². The maximum Gasteiger partial charge on any atom is 0.126 e. The van der Waals surface area contributed by atoms with Gasteiger partial charge in [0.25, 0.3) is 0 Å². The third-order valence-corrected chi connectivity index (χ3v) is 3.50. The Morgan fingerprint density at radius 3 is 1.83 bits per heavy atom. The lowest BCUT2D eigenvalue weighted by Crippen LogP contribution is -2.32. The van der Waals surface area contributed by atoms with E-state index in [1.165, 1.54) is 12.1 Å². The first-order valence-corrected chi connectivity index (χ1v) is 6.90. The van der Waals surface area contributed by atoms with Crippen LogP contribution in [0, 0.1) is 18.6 Å². The van der Waals surface area contributed by atoms with Gasteiger partial charge in [-0.2, -0.15) is 0 Å². The van der Waals surface area contributed by atoms with E-state index >= 15 is 0 Å². The zero-order valence-electron chi connectivity index (χ0n) is 11.5. The van der Waals surface area contributed by atoms with Crippen molar-refractivity contribution in [2.75, 3.05) is 6.54 Å². The predicted molar refractivity (Wildman–Crippen MR) is 72.7 cm³/mol. The monoisotopic (exact) mass is 277 g/mol. The Bertz CT molecular complexity index is 352. The molecule has 1 N–H and O–H groups in total. The topological polar surface area (TPSA) is 29.1 Å². The number of halogens is 2. The lowest BCUT2D eigenvalue weighted by Gasteiger charge is -2.16. The standard InChI is InChI=1S/C7H6F2.C6H15NOS/c1-5-2-6(8)4-7(9)3-5;1-5-7-9(8)6(2,3)4/h2-4H,1H3;7H,5H2,1-4H3. The molecular formula is C13H21F2NOS. The van der Waals surface area contributed by atoms with Crippen molar-refractivity contribution in [1.29, 1.82) is 0 Å². The first-order chi connectivity index (χ1) is 8.16. The van der Waals surface area contributed by atoms with Crippen molar-refractivity contribution < 1.29 is 13.0 Å². The average molecular weight is 277 g/mol. The number of hydrogen-bond acceptors (Lipinski definition) is 1. The van der Waals surface area contributed by atoms with Gasteiger partial charge in [0.15, 0.2) is 0 Å². The molecule has 0 bridgehead atoms. The van der Waals surface area contributed by atoms with Crippen molar-refractivity contribution in [2.24, 2.45) is 0 Å². The van der Waals surface area contributed by atoms with Gasteiger partial charge < -0.3 is 0 Å². The summed E-state index contributed by atoms with van der Waals surface area (Å²) in [5.41, 5.74) is 0.604. The Hall–Kier alpha value is -0.810. The Kier molecular flexibility index (Phi) is 7.25. The van der Waals surface area contributed by atoms with Crippen LogP contribution < -0.4 is 4.72 Å². The van der Waals surface area contributed by atoms with Crippen molar-refractivity contribution >= 4 is 11.0 Å². The zero-order valence-corrected chi connectivity index (χ0v) is 12.3. The average Bonchev–Trinajstić information content (AvgIpc) is 2.14. The van der Waals surface area contributed by atoms with Crippen molar-refractivity contribution in [2.45, 2.75) is 39.4 Å².